The summed E-state index contributed by atoms with van der Waals surface area (Å²) in [7, 11) is 0. The Labute approximate surface area is 123 Å². The first-order valence-corrected chi connectivity index (χ1v) is 6.40. The van der Waals surface area contributed by atoms with E-state index in [2.05, 4.69) is 6.58 Å². The molecule has 0 atom stereocenters. The second kappa shape index (κ2) is 6.47. The van der Waals surface area contributed by atoms with Crippen LogP contribution in [0.25, 0.3) is 0 Å². The molecular weight excluding hydrogens is 318 g/mol. The number of alkyl halides is 6. The maximum Gasteiger partial charge on any atom is 0.426 e. The predicted molar refractivity (Wildman–Crippen MR) is 65.9 cm³/mol. The molecule has 0 rings (SSSR count). The monoisotopic (exact) mass is 336 g/mol. The SMILES string of the molecule is C=C(C)C(=O)OC(CC)(CC)CC(O)(C(F)(F)F)C(F)(F)F. The highest BCUT2D eigenvalue weighted by Gasteiger charge is 2.72. The minimum absolute atomic E-state index is 0.172. The first-order chi connectivity index (χ1) is 9.66. The lowest BCUT2D eigenvalue weighted by molar-refractivity contribution is -0.378. The third kappa shape index (κ3) is 4.15. The van der Waals surface area contributed by atoms with Crippen LogP contribution >= 0.6 is 0 Å². The molecule has 0 saturated heterocycles. The molecule has 0 radical (unpaired) electrons. The van der Waals surface area contributed by atoms with E-state index in [1.807, 2.05) is 0 Å². The Morgan fingerprint density at radius 2 is 1.41 bits per heavy atom. The van der Waals surface area contributed by atoms with Gasteiger partial charge in [0, 0.05) is 12.0 Å². The van der Waals surface area contributed by atoms with Crippen molar-refractivity contribution in [3.05, 3.63) is 12.2 Å². The van der Waals surface area contributed by atoms with Gasteiger partial charge in [-0.25, -0.2) is 4.79 Å². The van der Waals surface area contributed by atoms with Crippen molar-refractivity contribution < 1.29 is 41.0 Å². The third-order valence-electron chi connectivity index (χ3n) is 3.46. The van der Waals surface area contributed by atoms with Gasteiger partial charge in [0.1, 0.15) is 5.60 Å². The molecule has 3 nitrogen and oxygen atoms in total. The molecule has 0 heterocycles. The Morgan fingerprint density at radius 3 is 1.64 bits per heavy atom. The molecule has 0 aliphatic carbocycles. The van der Waals surface area contributed by atoms with Crippen LogP contribution in [0.4, 0.5) is 26.3 Å². The van der Waals surface area contributed by atoms with Gasteiger partial charge in [-0.2, -0.15) is 26.3 Å². The van der Waals surface area contributed by atoms with Crippen LogP contribution in [0.2, 0.25) is 0 Å². The van der Waals surface area contributed by atoms with Gasteiger partial charge in [-0.05, 0) is 19.8 Å². The molecule has 22 heavy (non-hydrogen) atoms. The molecule has 0 aromatic rings. The molecule has 0 aromatic heterocycles. The molecule has 0 unspecified atom stereocenters. The normalized spacial score (nSPS) is 13.9. The summed E-state index contributed by atoms with van der Waals surface area (Å²) >= 11 is 0. The van der Waals surface area contributed by atoms with E-state index < -0.39 is 35.9 Å². The molecule has 0 aliphatic rings. The zero-order valence-corrected chi connectivity index (χ0v) is 12.4. The van der Waals surface area contributed by atoms with E-state index in [0.717, 1.165) is 0 Å². The predicted octanol–water partition coefficient (Wildman–Crippen LogP) is 3.91. The fourth-order valence-electron chi connectivity index (χ4n) is 1.79. The van der Waals surface area contributed by atoms with Crippen molar-refractivity contribution in [1.29, 1.82) is 0 Å². The number of halogens is 6. The van der Waals surface area contributed by atoms with Crippen LogP contribution in [0.1, 0.15) is 40.0 Å². The van der Waals surface area contributed by atoms with Crippen LogP contribution in [0.15, 0.2) is 12.2 Å². The van der Waals surface area contributed by atoms with Gasteiger partial charge in [-0.15, -0.1) is 0 Å². The quantitative estimate of drug-likeness (QED) is 0.454. The topological polar surface area (TPSA) is 46.5 Å². The summed E-state index contributed by atoms with van der Waals surface area (Å²) < 4.78 is 81.4. The first-order valence-electron chi connectivity index (χ1n) is 6.40. The molecule has 1 N–H and O–H groups in total. The average Bonchev–Trinajstić information content (AvgIpc) is 2.34. The number of ether oxygens (including phenoxy) is 1. The van der Waals surface area contributed by atoms with Gasteiger partial charge in [0.15, 0.2) is 0 Å². The Morgan fingerprint density at radius 1 is 1.05 bits per heavy atom. The van der Waals surface area contributed by atoms with Crippen LogP contribution in [-0.4, -0.2) is 34.6 Å². The molecular formula is C13H18F6O3. The smallest absolute Gasteiger partial charge is 0.426 e. The second-order valence-corrected chi connectivity index (χ2v) is 5.09. The summed E-state index contributed by atoms with van der Waals surface area (Å²) in [5.74, 6) is -1.12. The number of carbonyl (C=O) groups is 1. The second-order valence-electron chi connectivity index (χ2n) is 5.09. The Kier molecular flexibility index (Phi) is 6.11. The zero-order valence-electron chi connectivity index (χ0n) is 12.4. The summed E-state index contributed by atoms with van der Waals surface area (Å²) in [5.41, 5.74) is -7.26. The lowest BCUT2D eigenvalue weighted by Gasteiger charge is -2.40. The van der Waals surface area contributed by atoms with Gasteiger partial charge >= 0.3 is 18.3 Å². The van der Waals surface area contributed by atoms with Crippen molar-refractivity contribution in [3.8, 4) is 0 Å². The summed E-state index contributed by atoms with van der Waals surface area (Å²) in [6, 6.07) is 0. The van der Waals surface area contributed by atoms with Gasteiger partial charge in [-0.3, -0.25) is 0 Å². The van der Waals surface area contributed by atoms with E-state index in [1.165, 1.54) is 20.8 Å². The maximum atomic E-state index is 12.8. The van der Waals surface area contributed by atoms with Crippen LogP contribution in [0, 0.1) is 0 Å². The fraction of sp³-hybridized carbons (Fsp3) is 0.769. The largest absolute Gasteiger partial charge is 0.456 e. The van der Waals surface area contributed by atoms with E-state index in [1.54, 1.807) is 0 Å². The molecule has 0 spiro atoms. The van der Waals surface area contributed by atoms with Gasteiger partial charge in [0.25, 0.3) is 5.60 Å². The Balaban J connectivity index is 5.80. The van der Waals surface area contributed by atoms with Gasteiger partial charge < -0.3 is 9.84 Å². The summed E-state index contributed by atoms with van der Waals surface area (Å²) in [6.45, 7) is 6.96. The molecule has 9 heteroatoms. The van der Waals surface area contributed by atoms with Crippen LogP contribution in [0.3, 0.4) is 0 Å². The molecule has 0 aliphatic heterocycles. The minimum Gasteiger partial charge on any atom is -0.456 e. The highest BCUT2D eigenvalue weighted by Crippen LogP contribution is 2.49. The van der Waals surface area contributed by atoms with Crippen LogP contribution in [-0.2, 0) is 9.53 Å². The minimum atomic E-state index is -5.96. The lowest BCUT2D eigenvalue weighted by Crippen LogP contribution is -2.61. The Bertz CT molecular complexity index is 406. The van der Waals surface area contributed by atoms with E-state index in [-0.39, 0.29) is 18.4 Å². The van der Waals surface area contributed by atoms with Crippen molar-refractivity contribution >= 4 is 5.97 Å². The average molecular weight is 336 g/mol. The number of aliphatic hydroxyl groups is 1. The van der Waals surface area contributed by atoms with Crippen LogP contribution < -0.4 is 0 Å². The molecule has 0 saturated carbocycles. The summed E-state index contributed by atoms with van der Waals surface area (Å²) in [6.07, 6.45) is -14.4. The van der Waals surface area contributed by atoms with Crippen molar-refractivity contribution in [2.45, 2.75) is 63.6 Å². The van der Waals surface area contributed by atoms with Gasteiger partial charge in [-0.1, -0.05) is 20.4 Å². The van der Waals surface area contributed by atoms with Crippen molar-refractivity contribution in [2.75, 3.05) is 0 Å². The summed E-state index contributed by atoms with van der Waals surface area (Å²) in [4.78, 5) is 11.5. The van der Waals surface area contributed by atoms with Crippen LogP contribution in [0.5, 0.6) is 0 Å². The summed E-state index contributed by atoms with van der Waals surface area (Å²) in [5, 5.41) is 9.27. The lowest BCUT2D eigenvalue weighted by atomic mass is 9.82. The van der Waals surface area contributed by atoms with E-state index in [9.17, 15) is 36.2 Å². The first kappa shape index (κ1) is 20.8. The Hall–Kier alpha value is -1.25. The molecule has 0 bridgehead atoms. The van der Waals surface area contributed by atoms with E-state index in [0.29, 0.717) is 0 Å². The van der Waals surface area contributed by atoms with E-state index >= 15 is 0 Å². The number of rotatable bonds is 6. The fourth-order valence-corrected chi connectivity index (χ4v) is 1.79. The molecule has 0 fully saturated rings. The third-order valence-corrected chi connectivity index (χ3v) is 3.46. The molecule has 0 aromatic carbocycles. The van der Waals surface area contributed by atoms with Gasteiger partial charge in [0.2, 0.25) is 0 Å². The standard InChI is InChI=1S/C13H18F6O3/c1-5-10(6-2,22-9(20)8(3)4)7-11(21,12(14,15)16)13(17,18)19/h21H,3,5-7H2,1-2,4H3. The number of hydrogen-bond donors (Lipinski definition) is 1. The van der Waals surface area contributed by atoms with Crippen molar-refractivity contribution in [3.63, 3.8) is 0 Å². The number of hydrogen-bond acceptors (Lipinski definition) is 3. The number of esters is 1. The van der Waals surface area contributed by atoms with E-state index in [4.69, 9.17) is 4.74 Å². The maximum absolute atomic E-state index is 12.8. The highest BCUT2D eigenvalue weighted by molar-refractivity contribution is 5.87. The number of carbonyl (C=O) groups excluding carboxylic acids is 1. The van der Waals surface area contributed by atoms with Crippen molar-refractivity contribution in [2.24, 2.45) is 0 Å². The van der Waals surface area contributed by atoms with Gasteiger partial charge in [0.05, 0.1) is 0 Å². The highest BCUT2D eigenvalue weighted by atomic mass is 19.4. The molecule has 130 valence electrons. The van der Waals surface area contributed by atoms with Crippen molar-refractivity contribution in [1.82, 2.24) is 0 Å². The zero-order chi connectivity index (χ0) is 18.0. The molecule has 0 amide bonds.